The van der Waals surface area contributed by atoms with Crippen molar-refractivity contribution in [1.82, 2.24) is 20.1 Å². The largest absolute Gasteiger partial charge is 0.480 e. The van der Waals surface area contributed by atoms with E-state index in [1.54, 1.807) is 22.5 Å². The summed E-state index contributed by atoms with van der Waals surface area (Å²) in [5.74, 6) is 0.900. The summed E-state index contributed by atoms with van der Waals surface area (Å²) in [6, 6.07) is 3.41. The first-order valence-electron chi connectivity index (χ1n) is 6.91. The number of methoxy groups -OCH3 is 1. The first-order chi connectivity index (χ1) is 10.7. The zero-order valence-electron chi connectivity index (χ0n) is 12.4. The third kappa shape index (κ3) is 3.01. The van der Waals surface area contributed by atoms with Gasteiger partial charge in [0, 0.05) is 25.1 Å². The number of carbonyl (C=O) groups is 1. The first-order valence-corrected chi connectivity index (χ1v) is 7.79. The molecule has 1 aliphatic rings. The van der Waals surface area contributed by atoms with E-state index in [0.717, 1.165) is 12.1 Å². The predicted molar refractivity (Wildman–Crippen MR) is 80.4 cm³/mol. The van der Waals surface area contributed by atoms with E-state index in [2.05, 4.69) is 15.2 Å². The van der Waals surface area contributed by atoms with Crippen LogP contribution >= 0.6 is 11.3 Å². The van der Waals surface area contributed by atoms with Crippen LogP contribution in [0.2, 0.25) is 0 Å². The van der Waals surface area contributed by atoms with Crippen LogP contribution < -0.4 is 9.47 Å². The maximum Gasteiger partial charge on any atom is 0.265 e. The second-order valence-corrected chi connectivity index (χ2v) is 5.82. The summed E-state index contributed by atoms with van der Waals surface area (Å²) in [5.41, 5.74) is 2.47. The fraction of sp³-hybridized carbons (Fsp3) is 0.429. The van der Waals surface area contributed by atoms with Gasteiger partial charge in [0.25, 0.3) is 5.91 Å². The molecule has 0 aromatic carbocycles. The lowest BCUT2D eigenvalue weighted by molar-refractivity contribution is 0.0774. The van der Waals surface area contributed by atoms with Gasteiger partial charge in [-0.15, -0.1) is 21.5 Å². The Morgan fingerprint density at radius 1 is 1.36 bits per heavy atom. The second kappa shape index (κ2) is 6.27. The Kier molecular flexibility index (Phi) is 4.19. The fourth-order valence-corrected chi connectivity index (χ4v) is 3.08. The van der Waals surface area contributed by atoms with Crippen LogP contribution in [-0.2, 0) is 0 Å². The van der Waals surface area contributed by atoms with Gasteiger partial charge in [0.1, 0.15) is 11.0 Å². The maximum atomic E-state index is 12.4. The summed E-state index contributed by atoms with van der Waals surface area (Å²) in [5, 5.41) is 7.80. The summed E-state index contributed by atoms with van der Waals surface area (Å²) < 4.78 is 10.7. The monoisotopic (exact) mass is 320 g/mol. The number of aromatic nitrogens is 3. The number of thiazole rings is 1. The van der Waals surface area contributed by atoms with Crippen molar-refractivity contribution in [3.8, 4) is 11.8 Å². The smallest absolute Gasteiger partial charge is 0.265 e. The number of amides is 1. The molecule has 3 heterocycles. The van der Waals surface area contributed by atoms with Crippen LogP contribution in [0.1, 0.15) is 21.8 Å². The van der Waals surface area contributed by atoms with Gasteiger partial charge in [0.2, 0.25) is 11.8 Å². The molecule has 1 aliphatic heterocycles. The van der Waals surface area contributed by atoms with Gasteiger partial charge in [0.05, 0.1) is 24.9 Å². The number of hydrogen-bond donors (Lipinski definition) is 0. The molecule has 1 fully saturated rings. The van der Waals surface area contributed by atoms with Crippen molar-refractivity contribution in [2.45, 2.75) is 19.4 Å². The number of ether oxygens (including phenoxy) is 2. The van der Waals surface area contributed by atoms with Crippen molar-refractivity contribution in [2.24, 2.45) is 0 Å². The van der Waals surface area contributed by atoms with Gasteiger partial charge in [0.15, 0.2) is 0 Å². The SMILES string of the molecule is COc1ccc(O[C@@H]2CCN(C(=O)c3scnc3C)C2)nn1. The molecule has 1 amide bonds. The van der Waals surface area contributed by atoms with Crippen molar-refractivity contribution >= 4 is 17.2 Å². The normalized spacial score (nSPS) is 17.5. The third-order valence-electron chi connectivity index (χ3n) is 3.48. The molecule has 0 saturated carbocycles. The van der Waals surface area contributed by atoms with Crippen molar-refractivity contribution in [1.29, 1.82) is 0 Å². The minimum atomic E-state index is -0.0696. The van der Waals surface area contributed by atoms with Gasteiger partial charge in [-0.3, -0.25) is 4.79 Å². The zero-order chi connectivity index (χ0) is 15.5. The number of carbonyl (C=O) groups excluding carboxylic acids is 1. The Bertz CT molecular complexity index is 658. The lowest BCUT2D eigenvalue weighted by Gasteiger charge is -2.16. The van der Waals surface area contributed by atoms with Crippen LogP contribution in [0.25, 0.3) is 0 Å². The van der Waals surface area contributed by atoms with Gasteiger partial charge in [-0.25, -0.2) is 4.98 Å². The summed E-state index contributed by atoms with van der Waals surface area (Å²) in [6.45, 7) is 3.06. The molecule has 7 nitrogen and oxygen atoms in total. The molecule has 0 spiro atoms. The molecular formula is C14H16N4O3S. The van der Waals surface area contributed by atoms with Crippen molar-refractivity contribution in [3.63, 3.8) is 0 Å². The number of nitrogens with zero attached hydrogens (tertiary/aromatic N) is 4. The van der Waals surface area contributed by atoms with Crippen LogP contribution in [0.5, 0.6) is 11.8 Å². The van der Waals surface area contributed by atoms with Gasteiger partial charge < -0.3 is 14.4 Å². The first kappa shape index (κ1) is 14.7. The number of rotatable bonds is 4. The molecule has 22 heavy (non-hydrogen) atoms. The lowest BCUT2D eigenvalue weighted by Crippen LogP contribution is -2.30. The topological polar surface area (TPSA) is 77.4 Å². The highest BCUT2D eigenvalue weighted by atomic mass is 32.1. The van der Waals surface area contributed by atoms with E-state index >= 15 is 0 Å². The standard InChI is InChI=1S/C14H16N4O3S/c1-9-13(22-8-15-9)14(19)18-6-5-10(7-18)21-12-4-3-11(20-2)16-17-12/h3-4,8,10H,5-7H2,1-2H3/t10-/m1/s1. The van der Waals surface area contributed by atoms with E-state index in [0.29, 0.717) is 29.7 Å². The Balaban J connectivity index is 1.60. The van der Waals surface area contributed by atoms with Crippen LogP contribution in [0.4, 0.5) is 0 Å². The molecule has 0 N–H and O–H groups in total. The minimum Gasteiger partial charge on any atom is -0.480 e. The van der Waals surface area contributed by atoms with Gasteiger partial charge in [-0.2, -0.15) is 0 Å². The van der Waals surface area contributed by atoms with Gasteiger partial charge in [-0.05, 0) is 6.92 Å². The van der Waals surface area contributed by atoms with Crippen molar-refractivity contribution < 1.29 is 14.3 Å². The quantitative estimate of drug-likeness (QED) is 0.850. The Labute approximate surface area is 131 Å². The fourth-order valence-electron chi connectivity index (χ4n) is 2.31. The average Bonchev–Trinajstić information content (AvgIpc) is 3.16. The summed E-state index contributed by atoms with van der Waals surface area (Å²) >= 11 is 1.37. The van der Waals surface area contributed by atoms with Crippen LogP contribution in [0.3, 0.4) is 0 Å². The summed E-state index contributed by atoms with van der Waals surface area (Å²) in [7, 11) is 1.53. The molecule has 116 valence electrons. The van der Waals surface area contributed by atoms with E-state index in [1.807, 2.05) is 6.92 Å². The molecule has 0 bridgehead atoms. The zero-order valence-corrected chi connectivity index (χ0v) is 13.2. The second-order valence-electron chi connectivity index (χ2n) is 4.96. The molecule has 8 heteroatoms. The molecule has 0 radical (unpaired) electrons. The van der Waals surface area contributed by atoms with E-state index in [4.69, 9.17) is 9.47 Å². The van der Waals surface area contributed by atoms with E-state index in [-0.39, 0.29) is 12.0 Å². The van der Waals surface area contributed by atoms with Gasteiger partial charge >= 0.3 is 0 Å². The van der Waals surface area contributed by atoms with E-state index in [1.165, 1.54) is 18.4 Å². The summed E-state index contributed by atoms with van der Waals surface area (Å²) in [6.07, 6.45) is 0.706. The third-order valence-corrected chi connectivity index (χ3v) is 4.40. The number of likely N-dealkylation sites (tertiary alicyclic amines) is 1. The van der Waals surface area contributed by atoms with Crippen LogP contribution in [-0.4, -0.2) is 52.3 Å². The molecule has 0 aliphatic carbocycles. The Hall–Kier alpha value is -2.22. The highest BCUT2D eigenvalue weighted by Crippen LogP contribution is 2.21. The lowest BCUT2D eigenvalue weighted by atomic mass is 10.3. The number of aryl methyl sites for hydroxylation is 1. The van der Waals surface area contributed by atoms with Crippen molar-refractivity contribution in [2.75, 3.05) is 20.2 Å². The maximum absolute atomic E-state index is 12.4. The summed E-state index contributed by atoms with van der Waals surface area (Å²) in [4.78, 5) is 19.0. The van der Waals surface area contributed by atoms with E-state index < -0.39 is 0 Å². The molecule has 1 saturated heterocycles. The Morgan fingerprint density at radius 2 is 2.14 bits per heavy atom. The highest BCUT2D eigenvalue weighted by molar-refractivity contribution is 7.11. The molecular weight excluding hydrogens is 304 g/mol. The minimum absolute atomic E-state index is 0.0203. The van der Waals surface area contributed by atoms with E-state index in [9.17, 15) is 4.79 Å². The predicted octanol–water partition coefficient (Wildman–Crippen LogP) is 1.54. The Morgan fingerprint density at radius 3 is 2.77 bits per heavy atom. The molecule has 3 rings (SSSR count). The van der Waals surface area contributed by atoms with Crippen LogP contribution in [0.15, 0.2) is 17.6 Å². The molecule has 2 aromatic heterocycles. The number of hydrogen-bond acceptors (Lipinski definition) is 7. The van der Waals surface area contributed by atoms with Crippen LogP contribution in [0, 0.1) is 6.92 Å². The molecule has 2 aromatic rings. The molecule has 1 atom stereocenters. The van der Waals surface area contributed by atoms with Gasteiger partial charge in [-0.1, -0.05) is 0 Å². The average molecular weight is 320 g/mol. The molecule has 0 unspecified atom stereocenters. The van der Waals surface area contributed by atoms with Crippen molar-refractivity contribution in [3.05, 3.63) is 28.2 Å². The highest BCUT2D eigenvalue weighted by Gasteiger charge is 2.30.